The van der Waals surface area contributed by atoms with Crippen LogP contribution >= 0.6 is 0 Å². The molecule has 0 aliphatic carbocycles. The summed E-state index contributed by atoms with van der Waals surface area (Å²) in [7, 11) is 4.03. The summed E-state index contributed by atoms with van der Waals surface area (Å²) >= 11 is 0. The fourth-order valence-electron chi connectivity index (χ4n) is 3.21. The highest BCUT2D eigenvalue weighted by Crippen LogP contribution is 2.18. The van der Waals surface area contributed by atoms with Crippen LogP contribution in [0.15, 0.2) is 60.9 Å². The standard InChI is InChI=1S/C24H30N6O2/c1-29(2)13-5-12-26-23(31)14-19-15-27-30(17-19)16-18-8-10-20(11-9-18)24(32)28-22-7-4-3-6-21(22)25/h3-4,6-11,15,17H,5,12-14,16,25H2,1-2H3,(H,26,31)(H,28,32). The minimum absolute atomic E-state index is 0.00211. The molecule has 0 radical (unpaired) electrons. The van der Waals surface area contributed by atoms with Crippen molar-refractivity contribution >= 4 is 23.2 Å². The van der Waals surface area contributed by atoms with Gasteiger partial charge in [0, 0.05) is 18.3 Å². The van der Waals surface area contributed by atoms with Crippen LogP contribution in [0.1, 0.15) is 27.9 Å². The van der Waals surface area contributed by atoms with Crippen LogP contribution in [0.25, 0.3) is 0 Å². The topological polar surface area (TPSA) is 105 Å². The number of aromatic nitrogens is 2. The second-order valence-corrected chi connectivity index (χ2v) is 7.97. The van der Waals surface area contributed by atoms with Gasteiger partial charge in [-0.25, -0.2) is 0 Å². The van der Waals surface area contributed by atoms with Gasteiger partial charge in [-0.3, -0.25) is 14.3 Å². The lowest BCUT2D eigenvalue weighted by molar-refractivity contribution is -0.120. The van der Waals surface area contributed by atoms with Gasteiger partial charge in [0.25, 0.3) is 5.91 Å². The Kier molecular flexibility index (Phi) is 7.99. The van der Waals surface area contributed by atoms with Crippen molar-refractivity contribution in [1.29, 1.82) is 0 Å². The van der Waals surface area contributed by atoms with E-state index in [0.29, 0.717) is 36.4 Å². The Labute approximate surface area is 188 Å². The number of rotatable bonds is 10. The predicted octanol–water partition coefficient (Wildman–Crippen LogP) is 2.38. The first kappa shape index (κ1) is 23.0. The van der Waals surface area contributed by atoms with Gasteiger partial charge in [-0.15, -0.1) is 0 Å². The van der Waals surface area contributed by atoms with E-state index in [1.807, 2.05) is 44.6 Å². The number of amides is 2. The third-order valence-electron chi connectivity index (χ3n) is 4.93. The molecular weight excluding hydrogens is 404 g/mol. The largest absolute Gasteiger partial charge is 0.397 e. The van der Waals surface area contributed by atoms with Gasteiger partial charge in [0.1, 0.15) is 0 Å². The van der Waals surface area contributed by atoms with Gasteiger partial charge in [0.2, 0.25) is 5.91 Å². The Bertz CT molecular complexity index is 1040. The molecule has 1 aromatic heterocycles. The van der Waals surface area contributed by atoms with Gasteiger partial charge in [0.05, 0.1) is 30.5 Å². The Morgan fingerprint density at radius 2 is 1.81 bits per heavy atom. The zero-order valence-electron chi connectivity index (χ0n) is 18.5. The number of para-hydroxylation sites is 2. The fourth-order valence-corrected chi connectivity index (χ4v) is 3.21. The van der Waals surface area contributed by atoms with Gasteiger partial charge < -0.3 is 21.3 Å². The van der Waals surface area contributed by atoms with Crippen molar-refractivity contribution in [2.45, 2.75) is 19.4 Å². The lowest BCUT2D eigenvalue weighted by atomic mass is 10.1. The minimum atomic E-state index is -0.215. The van der Waals surface area contributed by atoms with E-state index in [-0.39, 0.29) is 11.8 Å². The molecule has 0 saturated carbocycles. The van der Waals surface area contributed by atoms with Crippen molar-refractivity contribution in [1.82, 2.24) is 20.0 Å². The average Bonchev–Trinajstić information content (AvgIpc) is 3.19. The molecule has 3 aromatic rings. The molecule has 3 rings (SSSR count). The molecule has 32 heavy (non-hydrogen) atoms. The van der Waals surface area contributed by atoms with Crippen molar-refractivity contribution in [3.63, 3.8) is 0 Å². The first-order valence-electron chi connectivity index (χ1n) is 10.6. The molecule has 0 spiro atoms. The summed E-state index contributed by atoms with van der Waals surface area (Å²) in [6.07, 6.45) is 4.82. The Balaban J connectivity index is 1.49. The summed E-state index contributed by atoms with van der Waals surface area (Å²) in [5, 5.41) is 10.1. The van der Waals surface area contributed by atoms with E-state index >= 15 is 0 Å². The number of carbonyl (C=O) groups is 2. The summed E-state index contributed by atoms with van der Waals surface area (Å²) < 4.78 is 1.79. The van der Waals surface area contributed by atoms with Gasteiger partial charge in [-0.1, -0.05) is 24.3 Å². The average molecular weight is 435 g/mol. The molecule has 2 amide bonds. The number of benzene rings is 2. The number of nitrogens with one attached hydrogen (secondary N) is 2. The summed E-state index contributed by atoms with van der Waals surface area (Å²) in [6, 6.07) is 14.5. The van der Waals surface area contributed by atoms with Crippen molar-refractivity contribution in [2.75, 3.05) is 38.2 Å². The Hall–Kier alpha value is -3.65. The van der Waals surface area contributed by atoms with E-state index in [9.17, 15) is 9.59 Å². The van der Waals surface area contributed by atoms with E-state index in [0.717, 1.165) is 24.1 Å². The first-order valence-corrected chi connectivity index (χ1v) is 10.6. The predicted molar refractivity (Wildman–Crippen MR) is 126 cm³/mol. The lowest BCUT2D eigenvalue weighted by Gasteiger charge is -2.09. The molecule has 0 aliphatic heterocycles. The maximum absolute atomic E-state index is 12.4. The molecular formula is C24H30N6O2. The molecule has 8 nitrogen and oxygen atoms in total. The molecule has 8 heteroatoms. The lowest BCUT2D eigenvalue weighted by Crippen LogP contribution is -2.28. The third-order valence-corrected chi connectivity index (χ3v) is 4.93. The summed E-state index contributed by atoms with van der Waals surface area (Å²) in [6.45, 7) is 2.17. The molecule has 0 aliphatic rings. The molecule has 0 fully saturated rings. The highest BCUT2D eigenvalue weighted by Gasteiger charge is 2.09. The van der Waals surface area contributed by atoms with Crippen molar-refractivity contribution < 1.29 is 9.59 Å². The quantitative estimate of drug-likeness (QED) is 0.336. The second-order valence-electron chi connectivity index (χ2n) is 7.97. The number of nitrogens with two attached hydrogens (primary N) is 1. The normalized spacial score (nSPS) is 10.8. The Morgan fingerprint density at radius 1 is 1.06 bits per heavy atom. The van der Waals surface area contributed by atoms with Crippen LogP contribution in [0.4, 0.5) is 11.4 Å². The maximum atomic E-state index is 12.4. The maximum Gasteiger partial charge on any atom is 0.255 e. The first-order chi connectivity index (χ1) is 15.4. The third kappa shape index (κ3) is 6.95. The number of hydrogen-bond donors (Lipinski definition) is 3. The van der Waals surface area contributed by atoms with Crippen LogP contribution in [0, 0.1) is 0 Å². The van der Waals surface area contributed by atoms with Crippen molar-refractivity contribution in [3.8, 4) is 0 Å². The van der Waals surface area contributed by atoms with Crippen LogP contribution in [0.2, 0.25) is 0 Å². The number of anilines is 2. The van der Waals surface area contributed by atoms with Crippen LogP contribution in [0.3, 0.4) is 0 Å². The van der Waals surface area contributed by atoms with Gasteiger partial charge in [0.15, 0.2) is 0 Å². The number of nitrogens with zero attached hydrogens (tertiary/aromatic N) is 3. The Morgan fingerprint density at radius 3 is 2.53 bits per heavy atom. The van der Waals surface area contributed by atoms with Crippen LogP contribution in [-0.4, -0.2) is 53.7 Å². The summed E-state index contributed by atoms with van der Waals surface area (Å²) in [5.41, 5.74) is 9.41. The highest BCUT2D eigenvalue weighted by molar-refractivity contribution is 6.05. The smallest absolute Gasteiger partial charge is 0.255 e. The van der Waals surface area contributed by atoms with E-state index < -0.39 is 0 Å². The molecule has 0 bridgehead atoms. The van der Waals surface area contributed by atoms with Gasteiger partial charge >= 0.3 is 0 Å². The molecule has 1 heterocycles. The zero-order valence-corrected chi connectivity index (χ0v) is 18.5. The SMILES string of the molecule is CN(C)CCCNC(=O)Cc1cnn(Cc2ccc(C(=O)Nc3ccccc3N)cc2)c1. The molecule has 0 unspecified atom stereocenters. The molecule has 2 aromatic carbocycles. The minimum Gasteiger partial charge on any atom is -0.397 e. The fraction of sp³-hybridized carbons (Fsp3) is 0.292. The van der Waals surface area contributed by atoms with Gasteiger partial charge in [-0.2, -0.15) is 5.10 Å². The monoisotopic (exact) mass is 434 g/mol. The number of carbonyl (C=O) groups excluding carboxylic acids is 2. The summed E-state index contributed by atoms with van der Waals surface area (Å²) in [5.74, 6) is -0.217. The summed E-state index contributed by atoms with van der Waals surface area (Å²) in [4.78, 5) is 26.6. The molecule has 0 saturated heterocycles. The zero-order chi connectivity index (χ0) is 22.9. The second kappa shape index (κ2) is 11.1. The molecule has 168 valence electrons. The molecule has 0 atom stereocenters. The van der Waals surface area contributed by atoms with Gasteiger partial charge in [-0.05, 0) is 62.5 Å². The number of nitrogen functional groups attached to an aromatic ring is 1. The van der Waals surface area contributed by atoms with Crippen molar-refractivity contribution in [2.24, 2.45) is 0 Å². The van der Waals surface area contributed by atoms with E-state index in [1.54, 1.807) is 35.1 Å². The van der Waals surface area contributed by atoms with Crippen LogP contribution in [-0.2, 0) is 17.8 Å². The highest BCUT2D eigenvalue weighted by atomic mass is 16.2. The van der Waals surface area contributed by atoms with E-state index in [4.69, 9.17) is 5.73 Å². The van der Waals surface area contributed by atoms with Crippen LogP contribution < -0.4 is 16.4 Å². The van der Waals surface area contributed by atoms with Crippen molar-refractivity contribution in [3.05, 3.63) is 77.6 Å². The van der Waals surface area contributed by atoms with E-state index in [1.165, 1.54) is 0 Å². The van der Waals surface area contributed by atoms with Crippen LogP contribution in [0.5, 0.6) is 0 Å². The number of hydrogen-bond acceptors (Lipinski definition) is 5. The van der Waals surface area contributed by atoms with E-state index in [2.05, 4.69) is 20.6 Å². The molecule has 4 N–H and O–H groups in total.